The number of ketones is 1. The van der Waals surface area contributed by atoms with Crippen LogP contribution in [0.3, 0.4) is 0 Å². The molecule has 31 heavy (non-hydrogen) atoms. The Hall–Kier alpha value is -3.29. The summed E-state index contributed by atoms with van der Waals surface area (Å²) in [7, 11) is -4.02. The molecule has 0 N–H and O–H groups in total. The molecule has 3 aromatic carbocycles. The SMILES string of the molecule is O=C(C1=CN(c2ccc3c(c2)OCCO3)c2ccccc2S1(=O)=O)c1ccc(Cl)cc1. The fourth-order valence-corrected chi connectivity index (χ4v) is 5.25. The van der Waals surface area contributed by atoms with Gasteiger partial charge in [-0.05, 0) is 48.5 Å². The predicted octanol–water partition coefficient (Wildman–Crippen LogP) is 4.76. The van der Waals surface area contributed by atoms with E-state index in [0.29, 0.717) is 41.1 Å². The van der Waals surface area contributed by atoms with Crippen molar-refractivity contribution in [3.8, 4) is 11.5 Å². The van der Waals surface area contributed by atoms with Gasteiger partial charge in [0.2, 0.25) is 15.6 Å². The number of carbonyl (C=O) groups excluding carboxylic acids is 1. The molecule has 0 amide bonds. The van der Waals surface area contributed by atoms with Crippen molar-refractivity contribution in [3.05, 3.63) is 88.4 Å². The van der Waals surface area contributed by atoms with E-state index in [1.807, 2.05) is 0 Å². The lowest BCUT2D eigenvalue weighted by Gasteiger charge is -2.29. The number of Topliss-reactive ketones (excluding diaryl/α,β-unsaturated/α-hetero) is 1. The molecular weight excluding hydrogens is 438 g/mol. The van der Waals surface area contributed by atoms with Gasteiger partial charge in [-0.3, -0.25) is 4.79 Å². The van der Waals surface area contributed by atoms with Crippen molar-refractivity contribution in [2.24, 2.45) is 0 Å². The number of sulfone groups is 1. The number of halogens is 1. The Bertz CT molecular complexity index is 1330. The van der Waals surface area contributed by atoms with Crippen molar-refractivity contribution >= 4 is 38.6 Å². The van der Waals surface area contributed by atoms with E-state index in [1.165, 1.54) is 24.4 Å². The average Bonchev–Trinajstić information content (AvgIpc) is 2.79. The first kappa shape index (κ1) is 19.7. The topological polar surface area (TPSA) is 72.9 Å². The van der Waals surface area contributed by atoms with Crippen molar-refractivity contribution in [2.45, 2.75) is 4.90 Å². The third-order valence-corrected chi connectivity index (χ3v) is 7.13. The summed E-state index contributed by atoms with van der Waals surface area (Å²) in [6.45, 7) is 0.897. The van der Waals surface area contributed by atoms with Crippen LogP contribution in [0.4, 0.5) is 11.4 Å². The molecule has 0 saturated carbocycles. The van der Waals surface area contributed by atoms with Gasteiger partial charge in [0.15, 0.2) is 11.5 Å². The van der Waals surface area contributed by atoms with Crippen LogP contribution in [0.5, 0.6) is 11.5 Å². The van der Waals surface area contributed by atoms with Crippen LogP contribution in [0.25, 0.3) is 0 Å². The number of rotatable bonds is 3. The highest BCUT2D eigenvalue weighted by Crippen LogP contribution is 2.43. The zero-order valence-corrected chi connectivity index (χ0v) is 17.7. The zero-order chi connectivity index (χ0) is 21.6. The second kappa shape index (κ2) is 7.44. The second-order valence-electron chi connectivity index (χ2n) is 7.00. The van der Waals surface area contributed by atoms with E-state index in [2.05, 4.69) is 0 Å². The van der Waals surface area contributed by atoms with Gasteiger partial charge in [0, 0.05) is 28.5 Å². The maximum Gasteiger partial charge on any atom is 0.214 e. The lowest BCUT2D eigenvalue weighted by molar-refractivity contribution is 0.104. The first-order valence-electron chi connectivity index (χ1n) is 9.50. The van der Waals surface area contributed by atoms with Crippen LogP contribution < -0.4 is 14.4 Å². The number of hydrogen-bond acceptors (Lipinski definition) is 6. The molecule has 0 unspecified atom stereocenters. The Morgan fingerprint density at radius 3 is 2.39 bits per heavy atom. The maximum absolute atomic E-state index is 13.3. The molecule has 8 heteroatoms. The molecule has 156 valence electrons. The molecule has 0 saturated heterocycles. The maximum atomic E-state index is 13.3. The predicted molar refractivity (Wildman–Crippen MR) is 117 cm³/mol. The summed E-state index contributed by atoms with van der Waals surface area (Å²) >= 11 is 5.91. The third-order valence-electron chi connectivity index (χ3n) is 5.08. The van der Waals surface area contributed by atoms with Gasteiger partial charge in [0.1, 0.15) is 18.1 Å². The van der Waals surface area contributed by atoms with Crippen molar-refractivity contribution < 1.29 is 22.7 Å². The summed E-state index contributed by atoms with van der Waals surface area (Å²) in [6, 6.07) is 18.0. The van der Waals surface area contributed by atoms with Gasteiger partial charge < -0.3 is 14.4 Å². The minimum absolute atomic E-state index is 0.0599. The molecule has 0 fully saturated rings. The van der Waals surface area contributed by atoms with Gasteiger partial charge in [0.05, 0.1) is 10.6 Å². The standard InChI is InChI=1S/C23H16ClNO5S/c24-16-7-5-15(6-8-16)23(26)22-14-25(18-3-1-2-4-21(18)31(22,27)28)17-9-10-19-20(13-17)30-12-11-29-19/h1-10,13-14H,11-12H2. The van der Waals surface area contributed by atoms with Gasteiger partial charge in [-0.1, -0.05) is 23.7 Å². The molecule has 0 spiro atoms. The van der Waals surface area contributed by atoms with Gasteiger partial charge in [0.25, 0.3) is 0 Å². The number of para-hydroxylation sites is 1. The van der Waals surface area contributed by atoms with Gasteiger partial charge in [-0.25, -0.2) is 8.42 Å². The lowest BCUT2D eigenvalue weighted by atomic mass is 10.1. The first-order valence-corrected chi connectivity index (χ1v) is 11.4. The van der Waals surface area contributed by atoms with E-state index in [4.69, 9.17) is 21.1 Å². The number of ether oxygens (including phenoxy) is 2. The molecule has 0 bridgehead atoms. The van der Waals surface area contributed by atoms with Crippen molar-refractivity contribution in [1.29, 1.82) is 0 Å². The second-order valence-corrected chi connectivity index (χ2v) is 9.32. The molecule has 2 aliphatic rings. The monoisotopic (exact) mass is 453 g/mol. The van der Waals surface area contributed by atoms with Gasteiger partial charge in [-0.15, -0.1) is 0 Å². The van der Waals surface area contributed by atoms with Crippen LogP contribution in [-0.2, 0) is 9.84 Å². The molecule has 3 aromatic rings. The number of fused-ring (bicyclic) bond motifs is 2. The summed E-state index contributed by atoms with van der Waals surface area (Å²) in [5.41, 5.74) is 1.33. The van der Waals surface area contributed by atoms with Crippen LogP contribution in [0.15, 0.2) is 82.7 Å². The Balaban J connectivity index is 1.67. The van der Waals surface area contributed by atoms with Crippen molar-refractivity contribution in [2.75, 3.05) is 18.1 Å². The Morgan fingerprint density at radius 1 is 0.903 bits per heavy atom. The van der Waals surface area contributed by atoms with E-state index >= 15 is 0 Å². The summed E-state index contributed by atoms with van der Waals surface area (Å²) in [5, 5.41) is 0.459. The fraction of sp³-hybridized carbons (Fsp3) is 0.0870. The van der Waals surface area contributed by atoms with Crippen LogP contribution in [0.2, 0.25) is 5.02 Å². The largest absolute Gasteiger partial charge is 0.486 e. The van der Waals surface area contributed by atoms with Crippen molar-refractivity contribution in [1.82, 2.24) is 0 Å². The van der Waals surface area contributed by atoms with Crippen LogP contribution >= 0.6 is 11.6 Å². The van der Waals surface area contributed by atoms with E-state index in [-0.39, 0.29) is 15.4 Å². The normalized spacial score (nSPS) is 16.3. The molecule has 0 aromatic heterocycles. The Kier molecular flexibility index (Phi) is 4.72. The summed E-state index contributed by atoms with van der Waals surface area (Å²) in [5.74, 6) is 0.580. The lowest BCUT2D eigenvalue weighted by Crippen LogP contribution is -2.26. The Morgan fingerprint density at radius 2 is 1.61 bits per heavy atom. The van der Waals surface area contributed by atoms with Crippen LogP contribution in [0, 0.1) is 0 Å². The smallest absolute Gasteiger partial charge is 0.214 e. The number of allylic oxidation sites excluding steroid dienone is 1. The van der Waals surface area contributed by atoms with Gasteiger partial charge in [-0.2, -0.15) is 0 Å². The first-order chi connectivity index (χ1) is 14.9. The molecule has 6 nitrogen and oxygen atoms in total. The molecular formula is C23H16ClNO5S. The van der Waals surface area contributed by atoms with Crippen LogP contribution in [-0.4, -0.2) is 27.4 Å². The quantitative estimate of drug-likeness (QED) is 0.532. The van der Waals surface area contributed by atoms with E-state index in [9.17, 15) is 13.2 Å². The molecule has 0 atom stereocenters. The average molecular weight is 454 g/mol. The third kappa shape index (κ3) is 3.36. The molecule has 2 aliphatic heterocycles. The number of nitrogens with zero attached hydrogens (tertiary/aromatic N) is 1. The van der Waals surface area contributed by atoms with Crippen LogP contribution in [0.1, 0.15) is 10.4 Å². The molecule has 0 aliphatic carbocycles. The highest BCUT2D eigenvalue weighted by Gasteiger charge is 2.36. The minimum atomic E-state index is -4.02. The highest BCUT2D eigenvalue weighted by atomic mass is 35.5. The van der Waals surface area contributed by atoms with E-state index in [0.717, 1.165) is 0 Å². The summed E-state index contributed by atoms with van der Waals surface area (Å²) < 4.78 is 37.9. The fourth-order valence-electron chi connectivity index (χ4n) is 3.58. The Labute approximate surface area is 184 Å². The van der Waals surface area contributed by atoms with Gasteiger partial charge >= 0.3 is 0 Å². The van der Waals surface area contributed by atoms with Crippen molar-refractivity contribution in [3.63, 3.8) is 0 Å². The summed E-state index contributed by atoms with van der Waals surface area (Å²) in [6.07, 6.45) is 1.36. The molecule has 2 heterocycles. The van der Waals surface area contributed by atoms with E-state index in [1.54, 1.807) is 53.4 Å². The minimum Gasteiger partial charge on any atom is -0.486 e. The van der Waals surface area contributed by atoms with E-state index < -0.39 is 15.6 Å². The summed E-state index contributed by atoms with van der Waals surface area (Å²) in [4.78, 5) is 14.6. The number of anilines is 2. The number of benzene rings is 3. The highest BCUT2D eigenvalue weighted by molar-refractivity contribution is 7.96. The number of hydrogen-bond donors (Lipinski definition) is 0. The molecule has 5 rings (SSSR count). The molecule has 0 radical (unpaired) electrons. The zero-order valence-electron chi connectivity index (χ0n) is 16.1. The number of carbonyl (C=O) groups is 1.